The van der Waals surface area contributed by atoms with Gasteiger partial charge in [0.15, 0.2) is 0 Å². The lowest BCUT2D eigenvalue weighted by atomic mass is 10.1. The predicted molar refractivity (Wildman–Crippen MR) is 68.6 cm³/mol. The fraction of sp³-hybridized carbons (Fsp3) is 0.357. The van der Waals surface area contributed by atoms with Crippen LogP contribution in [0.15, 0.2) is 24.4 Å². The minimum absolute atomic E-state index is 0.170. The van der Waals surface area contributed by atoms with Crippen LogP contribution in [-0.4, -0.2) is 16.2 Å². The molecule has 0 radical (unpaired) electrons. The molecular weight excluding hydrogens is 229 g/mol. The molecule has 0 amide bonds. The van der Waals surface area contributed by atoms with Crippen LogP contribution in [0, 0.1) is 12.7 Å². The zero-order valence-electron chi connectivity index (χ0n) is 10.3. The SMILES string of the molecule is Cc1cc(-c2[nH]ncc2CNC2CC2)ccc1F. The van der Waals surface area contributed by atoms with Crippen molar-refractivity contribution in [2.24, 2.45) is 0 Å². The molecule has 3 rings (SSSR count). The van der Waals surface area contributed by atoms with Gasteiger partial charge in [-0.05, 0) is 43.5 Å². The van der Waals surface area contributed by atoms with Crippen molar-refractivity contribution >= 4 is 0 Å². The van der Waals surface area contributed by atoms with E-state index >= 15 is 0 Å². The third kappa shape index (κ3) is 2.29. The van der Waals surface area contributed by atoms with Crippen LogP contribution in [0.5, 0.6) is 0 Å². The molecule has 1 saturated carbocycles. The van der Waals surface area contributed by atoms with Crippen molar-refractivity contribution in [3.8, 4) is 11.3 Å². The molecule has 1 fully saturated rings. The zero-order chi connectivity index (χ0) is 12.5. The van der Waals surface area contributed by atoms with E-state index in [1.54, 1.807) is 13.0 Å². The summed E-state index contributed by atoms with van der Waals surface area (Å²) in [6, 6.07) is 5.81. The average Bonchev–Trinajstić information content (AvgIpc) is 3.08. The first-order valence-corrected chi connectivity index (χ1v) is 6.26. The molecule has 0 aliphatic heterocycles. The number of halogens is 1. The van der Waals surface area contributed by atoms with Gasteiger partial charge in [0, 0.05) is 23.7 Å². The van der Waals surface area contributed by atoms with Gasteiger partial charge in [-0.15, -0.1) is 0 Å². The topological polar surface area (TPSA) is 40.7 Å². The van der Waals surface area contributed by atoms with Crippen LogP contribution < -0.4 is 5.32 Å². The molecule has 4 heteroatoms. The van der Waals surface area contributed by atoms with Crippen molar-refractivity contribution in [2.45, 2.75) is 32.4 Å². The number of aryl methyl sites for hydroxylation is 1. The van der Waals surface area contributed by atoms with E-state index in [0.717, 1.165) is 23.4 Å². The molecule has 18 heavy (non-hydrogen) atoms. The number of hydrogen-bond acceptors (Lipinski definition) is 2. The second-order valence-electron chi connectivity index (χ2n) is 4.89. The van der Waals surface area contributed by atoms with E-state index < -0.39 is 0 Å². The molecule has 0 atom stereocenters. The summed E-state index contributed by atoms with van der Waals surface area (Å²) >= 11 is 0. The van der Waals surface area contributed by atoms with Crippen molar-refractivity contribution < 1.29 is 4.39 Å². The third-order valence-electron chi connectivity index (χ3n) is 3.32. The highest BCUT2D eigenvalue weighted by molar-refractivity contribution is 5.63. The first kappa shape index (κ1) is 11.4. The van der Waals surface area contributed by atoms with Gasteiger partial charge in [-0.3, -0.25) is 5.10 Å². The van der Waals surface area contributed by atoms with Gasteiger partial charge in [-0.1, -0.05) is 0 Å². The number of rotatable bonds is 4. The summed E-state index contributed by atoms with van der Waals surface area (Å²) in [4.78, 5) is 0. The van der Waals surface area contributed by atoms with Crippen LogP contribution in [0.1, 0.15) is 24.0 Å². The van der Waals surface area contributed by atoms with Gasteiger partial charge in [-0.2, -0.15) is 5.10 Å². The molecule has 3 nitrogen and oxygen atoms in total. The third-order valence-corrected chi connectivity index (χ3v) is 3.32. The summed E-state index contributed by atoms with van der Waals surface area (Å²) in [7, 11) is 0. The Bertz CT molecular complexity index is 558. The Morgan fingerprint density at radius 2 is 2.28 bits per heavy atom. The van der Waals surface area contributed by atoms with Crippen LogP contribution in [0.25, 0.3) is 11.3 Å². The number of hydrogen-bond donors (Lipinski definition) is 2. The summed E-state index contributed by atoms with van der Waals surface area (Å²) in [5.41, 5.74) is 3.75. The number of nitrogens with zero attached hydrogens (tertiary/aromatic N) is 1. The molecule has 2 aromatic rings. The van der Waals surface area contributed by atoms with E-state index in [1.807, 2.05) is 12.3 Å². The summed E-state index contributed by atoms with van der Waals surface area (Å²) in [5, 5.41) is 10.6. The highest BCUT2D eigenvalue weighted by atomic mass is 19.1. The largest absolute Gasteiger partial charge is 0.310 e. The molecule has 0 saturated heterocycles. The second-order valence-corrected chi connectivity index (χ2v) is 4.89. The fourth-order valence-corrected chi connectivity index (χ4v) is 2.04. The molecule has 1 aromatic carbocycles. The summed E-state index contributed by atoms with van der Waals surface area (Å²) in [6.07, 6.45) is 4.37. The van der Waals surface area contributed by atoms with Crippen molar-refractivity contribution in [1.29, 1.82) is 0 Å². The van der Waals surface area contributed by atoms with E-state index in [2.05, 4.69) is 15.5 Å². The number of benzene rings is 1. The lowest BCUT2D eigenvalue weighted by Gasteiger charge is -2.06. The minimum Gasteiger partial charge on any atom is -0.310 e. The number of nitrogens with one attached hydrogen (secondary N) is 2. The molecule has 1 aliphatic rings. The molecular formula is C14H16FN3. The van der Waals surface area contributed by atoms with E-state index in [1.165, 1.54) is 18.9 Å². The number of aromatic amines is 1. The van der Waals surface area contributed by atoms with Crippen LogP contribution in [0.3, 0.4) is 0 Å². The van der Waals surface area contributed by atoms with Gasteiger partial charge in [0.05, 0.1) is 11.9 Å². The Morgan fingerprint density at radius 1 is 1.44 bits per heavy atom. The molecule has 0 unspecified atom stereocenters. The first-order valence-electron chi connectivity index (χ1n) is 6.26. The van der Waals surface area contributed by atoms with Crippen LogP contribution >= 0.6 is 0 Å². The lowest BCUT2D eigenvalue weighted by molar-refractivity contribution is 0.618. The van der Waals surface area contributed by atoms with Gasteiger partial charge < -0.3 is 5.32 Å². The maximum absolute atomic E-state index is 13.3. The molecule has 0 bridgehead atoms. The van der Waals surface area contributed by atoms with Gasteiger partial charge in [0.1, 0.15) is 5.82 Å². The maximum atomic E-state index is 13.3. The first-order chi connectivity index (χ1) is 8.74. The van der Waals surface area contributed by atoms with Crippen LogP contribution in [0.4, 0.5) is 4.39 Å². The zero-order valence-corrected chi connectivity index (χ0v) is 10.3. The van der Waals surface area contributed by atoms with Gasteiger partial charge in [0.25, 0.3) is 0 Å². The van der Waals surface area contributed by atoms with Gasteiger partial charge in [0.2, 0.25) is 0 Å². The Balaban J connectivity index is 1.85. The normalized spacial score (nSPS) is 15.0. The van der Waals surface area contributed by atoms with Crippen molar-refractivity contribution in [2.75, 3.05) is 0 Å². The highest BCUT2D eigenvalue weighted by Gasteiger charge is 2.21. The molecule has 94 valence electrons. The van der Waals surface area contributed by atoms with Crippen molar-refractivity contribution in [1.82, 2.24) is 15.5 Å². The minimum atomic E-state index is -0.170. The number of aromatic nitrogens is 2. The van der Waals surface area contributed by atoms with E-state index in [0.29, 0.717) is 11.6 Å². The smallest absolute Gasteiger partial charge is 0.126 e. The van der Waals surface area contributed by atoms with Crippen molar-refractivity contribution in [3.05, 3.63) is 41.3 Å². The van der Waals surface area contributed by atoms with E-state index in [4.69, 9.17) is 0 Å². The monoisotopic (exact) mass is 245 g/mol. The van der Waals surface area contributed by atoms with Gasteiger partial charge >= 0.3 is 0 Å². The van der Waals surface area contributed by atoms with Crippen molar-refractivity contribution in [3.63, 3.8) is 0 Å². The maximum Gasteiger partial charge on any atom is 0.126 e. The lowest BCUT2D eigenvalue weighted by Crippen LogP contribution is -2.15. The van der Waals surface area contributed by atoms with Gasteiger partial charge in [-0.25, -0.2) is 4.39 Å². The number of H-pyrrole nitrogens is 1. The highest BCUT2D eigenvalue weighted by Crippen LogP contribution is 2.25. The Morgan fingerprint density at radius 3 is 3.00 bits per heavy atom. The summed E-state index contributed by atoms with van der Waals surface area (Å²) < 4.78 is 13.3. The average molecular weight is 245 g/mol. The molecule has 1 aromatic heterocycles. The molecule has 0 spiro atoms. The van der Waals surface area contributed by atoms with Crippen LogP contribution in [-0.2, 0) is 6.54 Å². The molecule has 1 aliphatic carbocycles. The Hall–Kier alpha value is -1.68. The molecule has 2 N–H and O–H groups in total. The quantitative estimate of drug-likeness (QED) is 0.869. The standard InChI is InChI=1S/C14H16FN3/c1-9-6-10(2-5-13(9)15)14-11(8-17-18-14)7-16-12-3-4-12/h2,5-6,8,12,16H,3-4,7H2,1H3,(H,17,18). The molecule has 1 heterocycles. The summed E-state index contributed by atoms with van der Waals surface area (Å²) in [6.45, 7) is 2.59. The Kier molecular flexibility index (Phi) is 2.88. The summed E-state index contributed by atoms with van der Waals surface area (Å²) in [5.74, 6) is -0.170. The second kappa shape index (κ2) is 4.53. The van der Waals surface area contributed by atoms with E-state index in [-0.39, 0.29) is 5.82 Å². The van der Waals surface area contributed by atoms with Crippen LogP contribution in [0.2, 0.25) is 0 Å². The predicted octanol–water partition coefficient (Wildman–Crippen LogP) is 2.78. The Labute approximate surface area is 105 Å². The fourth-order valence-electron chi connectivity index (χ4n) is 2.04. The van der Waals surface area contributed by atoms with E-state index in [9.17, 15) is 4.39 Å².